The van der Waals surface area contributed by atoms with Gasteiger partial charge in [-0.05, 0) is 30.7 Å². The molecule has 2 aromatic rings. The van der Waals surface area contributed by atoms with Crippen LogP contribution in [-0.2, 0) is 4.79 Å². The molecule has 0 saturated heterocycles. The fourth-order valence-corrected chi connectivity index (χ4v) is 2.24. The largest absolute Gasteiger partial charge is 0.477 e. The Morgan fingerprint density at radius 3 is 2.91 bits per heavy atom. The lowest BCUT2D eigenvalue weighted by molar-refractivity contribution is -0.385. The van der Waals surface area contributed by atoms with Crippen molar-refractivity contribution in [2.75, 3.05) is 6.61 Å². The van der Waals surface area contributed by atoms with Gasteiger partial charge < -0.3 is 4.74 Å². The van der Waals surface area contributed by atoms with Crippen molar-refractivity contribution in [1.82, 2.24) is 5.43 Å². The van der Waals surface area contributed by atoms with Gasteiger partial charge in [-0.2, -0.15) is 9.49 Å². The third-order valence-electron chi connectivity index (χ3n) is 2.64. The fraction of sp³-hybridized carbons (Fsp3) is 0.143. The first kappa shape index (κ1) is 16.6. The molecule has 0 spiro atoms. The molecule has 1 aromatic carbocycles. The molecule has 0 radical (unpaired) electrons. The van der Waals surface area contributed by atoms with E-state index < -0.39 is 17.4 Å². The second kappa shape index (κ2) is 7.45. The Kier molecular flexibility index (Phi) is 5.36. The first-order valence-corrected chi connectivity index (χ1v) is 7.22. The Balaban J connectivity index is 1.89. The van der Waals surface area contributed by atoms with Crippen molar-refractivity contribution in [3.05, 3.63) is 56.0 Å². The number of nitro benzene ring substituents is 1. The van der Waals surface area contributed by atoms with Gasteiger partial charge in [-0.25, -0.2) is 5.43 Å². The van der Waals surface area contributed by atoms with Gasteiger partial charge in [0.15, 0.2) is 17.5 Å². The number of ether oxygens (including phenoxy) is 1. The van der Waals surface area contributed by atoms with Crippen LogP contribution in [0, 0.1) is 22.2 Å². The molecular formula is C14H12FN3O4S. The van der Waals surface area contributed by atoms with E-state index in [0.29, 0.717) is 10.4 Å². The molecule has 7 nitrogen and oxygen atoms in total. The molecule has 0 atom stereocenters. The van der Waals surface area contributed by atoms with Crippen molar-refractivity contribution in [2.24, 2.45) is 5.10 Å². The van der Waals surface area contributed by atoms with Crippen molar-refractivity contribution in [3.63, 3.8) is 0 Å². The van der Waals surface area contributed by atoms with E-state index in [1.807, 2.05) is 0 Å². The SMILES string of the molecule is Cc1ccc(OCC(=O)NN=Cc2ccc(F)s2)c([N+](=O)[O-])c1. The predicted molar refractivity (Wildman–Crippen MR) is 83.3 cm³/mol. The Bertz CT molecular complexity index is 760. The highest BCUT2D eigenvalue weighted by Crippen LogP contribution is 2.27. The first-order valence-electron chi connectivity index (χ1n) is 6.41. The number of hydrazone groups is 1. The minimum Gasteiger partial charge on any atom is -0.477 e. The second-order valence-corrected chi connectivity index (χ2v) is 5.52. The summed E-state index contributed by atoms with van der Waals surface area (Å²) < 4.78 is 17.9. The Morgan fingerprint density at radius 2 is 2.26 bits per heavy atom. The van der Waals surface area contributed by atoms with E-state index in [9.17, 15) is 19.3 Å². The summed E-state index contributed by atoms with van der Waals surface area (Å²) in [5, 5.41) is 14.2. The van der Waals surface area contributed by atoms with Gasteiger partial charge in [0.25, 0.3) is 5.91 Å². The molecule has 1 N–H and O–H groups in total. The zero-order valence-electron chi connectivity index (χ0n) is 12.0. The summed E-state index contributed by atoms with van der Waals surface area (Å²) >= 11 is 0.883. The van der Waals surface area contributed by atoms with Crippen LogP contribution in [0.25, 0.3) is 0 Å². The van der Waals surface area contributed by atoms with Gasteiger partial charge in [-0.1, -0.05) is 6.07 Å². The molecule has 1 heterocycles. The first-order chi connectivity index (χ1) is 11.0. The molecule has 2 rings (SSSR count). The maximum Gasteiger partial charge on any atom is 0.311 e. The van der Waals surface area contributed by atoms with Gasteiger partial charge in [-0.15, -0.1) is 11.3 Å². The molecule has 0 unspecified atom stereocenters. The number of halogens is 1. The predicted octanol–water partition coefficient (Wildman–Crippen LogP) is 2.63. The molecule has 0 aliphatic heterocycles. The Hall–Kier alpha value is -2.81. The van der Waals surface area contributed by atoms with E-state index in [4.69, 9.17) is 4.74 Å². The zero-order chi connectivity index (χ0) is 16.8. The molecule has 0 bridgehead atoms. The van der Waals surface area contributed by atoms with Crippen LogP contribution in [0.5, 0.6) is 5.75 Å². The lowest BCUT2D eigenvalue weighted by atomic mass is 10.2. The van der Waals surface area contributed by atoms with Crippen LogP contribution in [0.2, 0.25) is 0 Å². The molecule has 1 amide bonds. The number of rotatable bonds is 6. The van der Waals surface area contributed by atoms with Crippen molar-refractivity contribution >= 4 is 29.1 Å². The number of benzene rings is 1. The summed E-state index contributed by atoms with van der Waals surface area (Å²) in [5.74, 6) is -0.590. The number of thiophene rings is 1. The van der Waals surface area contributed by atoms with Gasteiger partial charge in [0.1, 0.15) is 0 Å². The number of nitrogens with one attached hydrogen (secondary N) is 1. The normalized spacial score (nSPS) is 10.7. The Labute approximate surface area is 134 Å². The summed E-state index contributed by atoms with van der Waals surface area (Å²) in [4.78, 5) is 22.5. The smallest absolute Gasteiger partial charge is 0.311 e. The number of aryl methyl sites for hydroxylation is 1. The van der Waals surface area contributed by atoms with E-state index in [1.54, 1.807) is 13.0 Å². The van der Waals surface area contributed by atoms with E-state index in [0.717, 1.165) is 11.3 Å². The fourth-order valence-electron chi connectivity index (χ4n) is 1.63. The number of nitrogens with zero attached hydrogens (tertiary/aromatic N) is 2. The highest BCUT2D eigenvalue weighted by Gasteiger charge is 2.16. The summed E-state index contributed by atoms with van der Waals surface area (Å²) in [6, 6.07) is 7.23. The Morgan fingerprint density at radius 1 is 1.48 bits per heavy atom. The number of amides is 1. The van der Waals surface area contributed by atoms with Gasteiger partial charge in [0.2, 0.25) is 0 Å². The van der Waals surface area contributed by atoms with Gasteiger partial charge in [-0.3, -0.25) is 14.9 Å². The third-order valence-corrected chi connectivity index (χ3v) is 3.45. The molecule has 23 heavy (non-hydrogen) atoms. The number of carbonyl (C=O) groups is 1. The highest BCUT2D eigenvalue weighted by atomic mass is 32.1. The van der Waals surface area contributed by atoms with Crippen LogP contribution in [0.4, 0.5) is 10.1 Å². The lowest BCUT2D eigenvalue weighted by Crippen LogP contribution is -2.24. The summed E-state index contributed by atoms with van der Waals surface area (Å²) in [7, 11) is 0. The minimum atomic E-state index is -0.590. The monoisotopic (exact) mass is 337 g/mol. The molecule has 0 saturated carbocycles. The van der Waals surface area contributed by atoms with Crippen LogP contribution in [0.3, 0.4) is 0 Å². The summed E-state index contributed by atoms with van der Waals surface area (Å²) in [6.45, 7) is 1.28. The standard InChI is InChI=1S/C14H12FN3O4S/c1-9-2-4-12(11(6-9)18(20)21)22-8-14(19)17-16-7-10-3-5-13(15)23-10/h2-7H,8H2,1H3,(H,17,19). The van der Waals surface area contributed by atoms with Gasteiger partial charge in [0.05, 0.1) is 16.0 Å². The molecular weight excluding hydrogens is 325 g/mol. The molecule has 0 aliphatic carbocycles. The topological polar surface area (TPSA) is 93.8 Å². The zero-order valence-corrected chi connectivity index (χ0v) is 12.8. The van der Waals surface area contributed by atoms with Crippen LogP contribution < -0.4 is 10.2 Å². The lowest BCUT2D eigenvalue weighted by Gasteiger charge is -2.06. The van der Waals surface area contributed by atoms with Crippen LogP contribution in [0.15, 0.2) is 35.4 Å². The molecule has 120 valence electrons. The second-order valence-electron chi connectivity index (χ2n) is 4.45. The van der Waals surface area contributed by atoms with Crippen LogP contribution in [-0.4, -0.2) is 23.7 Å². The molecule has 0 aliphatic rings. The van der Waals surface area contributed by atoms with Gasteiger partial charge in [0, 0.05) is 6.07 Å². The number of hydrogen-bond acceptors (Lipinski definition) is 6. The third kappa shape index (κ3) is 4.85. The quantitative estimate of drug-likeness (QED) is 0.498. The van der Waals surface area contributed by atoms with E-state index >= 15 is 0 Å². The van der Waals surface area contributed by atoms with E-state index in [-0.39, 0.29) is 16.6 Å². The van der Waals surface area contributed by atoms with Gasteiger partial charge >= 0.3 is 5.69 Å². The summed E-state index contributed by atoms with van der Waals surface area (Å²) in [5.41, 5.74) is 2.69. The number of hydrogen-bond donors (Lipinski definition) is 1. The van der Waals surface area contributed by atoms with Crippen molar-refractivity contribution < 1.29 is 18.8 Å². The van der Waals surface area contributed by atoms with Crippen molar-refractivity contribution in [1.29, 1.82) is 0 Å². The van der Waals surface area contributed by atoms with Crippen molar-refractivity contribution in [2.45, 2.75) is 6.92 Å². The maximum absolute atomic E-state index is 12.7. The maximum atomic E-state index is 12.7. The summed E-state index contributed by atoms with van der Waals surface area (Å²) in [6.07, 6.45) is 1.29. The minimum absolute atomic E-state index is 0.0000532. The van der Waals surface area contributed by atoms with E-state index in [1.165, 1.54) is 30.5 Å². The van der Waals surface area contributed by atoms with E-state index in [2.05, 4.69) is 10.5 Å². The van der Waals surface area contributed by atoms with Crippen molar-refractivity contribution in [3.8, 4) is 5.75 Å². The number of carbonyl (C=O) groups excluding carboxylic acids is 1. The molecule has 1 aromatic heterocycles. The highest BCUT2D eigenvalue weighted by molar-refractivity contribution is 7.12. The van der Waals surface area contributed by atoms with Crippen LogP contribution >= 0.6 is 11.3 Å². The molecule has 0 fully saturated rings. The average Bonchev–Trinajstić information content (AvgIpc) is 2.91. The average molecular weight is 337 g/mol. The van der Waals surface area contributed by atoms with Crippen LogP contribution in [0.1, 0.15) is 10.4 Å². The molecule has 9 heteroatoms. The number of nitro groups is 1.